The normalized spacial score (nSPS) is 13.5. The highest BCUT2D eigenvalue weighted by Crippen LogP contribution is 2.35. The Kier molecular flexibility index (Phi) is 7.56. The third kappa shape index (κ3) is 5.34. The van der Waals surface area contributed by atoms with Crippen LogP contribution < -0.4 is 5.56 Å². The van der Waals surface area contributed by atoms with Crippen LogP contribution in [0.3, 0.4) is 0 Å². The first-order chi connectivity index (χ1) is 15.8. The van der Waals surface area contributed by atoms with Crippen LogP contribution in [0.5, 0.6) is 0 Å². The summed E-state index contributed by atoms with van der Waals surface area (Å²) >= 11 is 3.31. The average Bonchev–Trinajstić information content (AvgIpc) is 3.17. The molecule has 1 aliphatic rings. The molecule has 1 aliphatic carbocycles. The number of rotatable bonds is 8. The molecule has 4 rings (SSSR count). The molecule has 0 bridgehead atoms. The Hall–Kier alpha value is -2.16. The smallest absolute Gasteiger partial charge is 0.263 e. The lowest BCUT2D eigenvalue weighted by Crippen LogP contribution is -2.25. The van der Waals surface area contributed by atoms with E-state index in [1.807, 2.05) is 28.8 Å². The van der Waals surface area contributed by atoms with E-state index in [4.69, 9.17) is 4.98 Å². The minimum Gasteiger partial charge on any atom is -0.345 e. The van der Waals surface area contributed by atoms with Crippen LogP contribution in [-0.2, 0) is 25.1 Å². The van der Waals surface area contributed by atoms with E-state index >= 15 is 0 Å². The zero-order valence-corrected chi connectivity index (χ0v) is 21.5. The minimum absolute atomic E-state index is 0.00212. The standard InChI is InChI=1S/C25H32N4O2S2/c1-27(2)14-7-15-29-24(31)21-19-8-5-6-9-20(19)33-22(21)26-25(29)32-16-17-10-12-18(13-11-17)23(30)28(3)4/h10-13H,5-9,14-16H2,1-4H3. The molecule has 0 radical (unpaired) electrons. The fourth-order valence-corrected chi connectivity index (χ4v) is 6.51. The summed E-state index contributed by atoms with van der Waals surface area (Å²) in [7, 11) is 7.62. The Labute approximate surface area is 203 Å². The van der Waals surface area contributed by atoms with Crippen LogP contribution in [0.1, 0.15) is 45.6 Å². The van der Waals surface area contributed by atoms with Crippen molar-refractivity contribution in [2.45, 2.75) is 49.6 Å². The van der Waals surface area contributed by atoms with Gasteiger partial charge in [0.2, 0.25) is 0 Å². The SMILES string of the molecule is CN(C)CCCn1c(SCc2ccc(C(=O)N(C)C)cc2)nc2sc3c(c2c1=O)CCCC3. The second-order valence-electron chi connectivity index (χ2n) is 9.08. The highest BCUT2D eigenvalue weighted by atomic mass is 32.2. The molecule has 6 nitrogen and oxygen atoms in total. The number of aryl methyl sites for hydroxylation is 2. The van der Waals surface area contributed by atoms with Gasteiger partial charge in [-0.05, 0) is 76.0 Å². The Morgan fingerprint density at radius 1 is 1.12 bits per heavy atom. The molecule has 1 aromatic carbocycles. The molecule has 1 amide bonds. The third-order valence-corrected chi connectivity index (χ3v) is 8.24. The fraction of sp³-hybridized carbons (Fsp3) is 0.480. The molecule has 3 aromatic rings. The van der Waals surface area contributed by atoms with Crippen molar-refractivity contribution in [1.29, 1.82) is 0 Å². The summed E-state index contributed by atoms with van der Waals surface area (Å²) in [6, 6.07) is 7.71. The first-order valence-corrected chi connectivity index (χ1v) is 13.3. The summed E-state index contributed by atoms with van der Waals surface area (Å²) in [6.45, 7) is 1.60. The van der Waals surface area contributed by atoms with Gasteiger partial charge in [0.25, 0.3) is 11.5 Å². The van der Waals surface area contributed by atoms with Gasteiger partial charge in [-0.2, -0.15) is 0 Å². The first kappa shape index (κ1) is 24.0. The Morgan fingerprint density at radius 3 is 2.55 bits per heavy atom. The molecule has 0 atom stereocenters. The molecule has 33 heavy (non-hydrogen) atoms. The highest BCUT2D eigenvalue weighted by Gasteiger charge is 2.22. The maximum absolute atomic E-state index is 13.6. The molecule has 2 heterocycles. The van der Waals surface area contributed by atoms with E-state index in [1.54, 1.807) is 42.1 Å². The molecule has 8 heteroatoms. The maximum Gasteiger partial charge on any atom is 0.263 e. The van der Waals surface area contributed by atoms with E-state index in [0.717, 1.165) is 53.2 Å². The molecule has 0 aliphatic heterocycles. The Balaban J connectivity index is 1.62. The summed E-state index contributed by atoms with van der Waals surface area (Å²) in [5.41, 5.74) is 3.15. The van der Waals surface area contributed by atoms with E-state index in [1.165, 1.54) is 16.9 Å². The van der Waals surface area contributed by atoms with E-state index in [0.29, 0.717) is 17.9 Å². The van der Waals surface area contributed by atoms with Gasteiger partial charge in [-0.25, -0.2) is 4.98 Å². The van der Waals surface area contributed by atoms with Gasteiger partial charge in [0.1, 0.15) is 4.83 Å². The van der Waals surface area contributed by atoms with Crippen molar-refractivity contribution in [2.75, 3.05) is 34.7 Å². The zero-order chi connectivity index (χ0) is 23.5. The van der Waals surface area contributed by atoms with Gasteiger partial charge in [-0.15, -0.1) is 11.3 Å². The summed E-state index contributed by atoms with van der Waals surface area (Å²) in [5, 5.41) is 1.65. The van der Waals surface area contributed by atoms with Gasteiger partial charge in [-0.1, -0.05) is 23.9 Å². The van der Waals surface area contributed by atoms with Gasteiger partial charge >= 0.3 is 0 Å². The number of thioether (sulfide) groups is 1. The maximum atomic E-state index is 13.6. The van der Waals surface area contributed by atoms with E-state index in [-0.39, 0.29) is 11.5 Å². The Morgan fingerprint density at radius 2 is 1.85 bits per heavy atom. The second-order valence-corrected chi connectivity index (χ2v) is 11.1. The van der Waals surface area contributed by atoms with Crippen LogP contribution in [-0.4, -0.2) is 60.0 Å². The number of thiophene rings is 1. The molecule has 176 valence electrons. The number of carbonyl (C=O) groups excluding carboxylic acids is 1. The summed E-state index contributed by atoms with van der Waals surface area (Å²) < 4.78 is 1.89. The zero-order valence-electron chi connectivity index (χ0n) is 19.9. The van der Waals surface area contributed by atoms with Crippen molar-refractivity contribution in [2.24, 2.45) is 0 Å². The first-order valence-electron chi connectivity index (χ1n) is 11.5. The van der Waals surface area contributed by atoms with Crippen LogP contribution >= 0.6 is 23.1 Å². The summed E-state index contributed by atoms with van der Waals surface area (Å²) in [6.07, 6.45) is 5.32. The number of aromatic nitrogens is 2. The van der Waals surface area contributed by atoms with Crippen LogP contribution in [0.15, 0.2) is 34.2 Å². The lowest BCUT2D eigenvalue weighted by molar-refractivity contribution is 0.0827. The van der Waals surface area contributed by atoms with Crippen LogP contribution in [0.2, 0.25) is 0 Å². The summed E-state index contributed by atoms with van der Waals surface area (Å²) in [4.78, 5) is 36.7. The number of hydrogen-bond donors (Lipinski definition) is 0. The average molecular weight is 485 g/mol. The van der Waals surface area contributed by atoms with Crippen molar-refractivity contribution < 1.29 is 4.79 Å². The topological polar surface area (TPSA) is 58.4 Å². The second kappa shape index (κ2) is 10.4. The van der Waals surface area contributed by atoms with Gasteiger partial charge < -0.3 is 9.80 Å². The van der Waals surface area contributed by atoms with Crippen LogP contribution in [0.25, 0.3) is 10.2 Å². The number of fused-ring (bicyclic) bond motifs is 3. The lowest BCUT2D eigenvalue weighted by Gasteiger charge is -2.15. The largest absolute Gasteiger partial charge is 0.345 e. The molecular weight excluding hydrogens is 452 g/mol. The monoisotopic (exact) mass is 484 g/mol. The molecule has 0 saturated carbocycles. The summed E-state index contributed by atoms with van der Waals surface area (Å²) in [5.74, 6) is 0.699. The van der Waals surface area contributed by atoms with Crippen molar-refractivity contribution >= 4 is 39.2 Å². The van der Waals surface area contributed by atoms with Gasteiger partial charge in [0.15, 0.2) is 5.16 Å². The number of hydrogen-bond acceptors (Lipinski definition) is 6. The van der Waals surface area contributed by atoms with Gasteiger partial charge in [0.05, 0.1) is 5.39 Å². The third-order valence-electron chi connectivity index (χ3n) is 6.00. The molecule has 0 N–H and O–H groups in total. The predicted octanol–water partition coefficient (Wildman–Crippen LogP) is 4.28. The van der Waals surface area contributed by atoms with Gasteiger partial charge in [-0.3, -0.25) is 14.2 Å². The number of benzene rings is 1. The predicted molar refractivity (Wildman–Crippen MR) is 138 cm³/mol. The van der Waals surface area contributed by atoms with E-state index in [9.17, 15) is 9.59 Å². The quantitative estimate of drug-likeness (QED) is 0.353. The van der Waals surface area contributed by atoms with Crippen molar-refractivity contribution in [3.8, 4) is 0 Å². The molecule has 0 fully saturated rings. The molecule has 0 saturated heterocycles. The van der Waals surface area contributed by atoms with E-state index in [2.05, 4.69) is 19.0 Å². The van der Waals surface area contributed by atoms with Crippen molar-refractivity contribution in [3.63, 3.8) is 0 Å². The van der Waals surface area contributed by atoms with Crippen molar-refractivity contribution in [1.82, 2.24) is 19.4 Å². The molecule has 0 spiro atoms. The number of nitrogens with zero attached hydrogens (tertiary/aromatic N) is 4. The number of amides is 1. The molecular formula is C25H32N4O2S2. The number of carbonyl (C=O) groups is 1. The van der Waals surface area contributed by atoms with E-state index < -0.39 is 0 Å². The molecule has 2 aromatic heterocycles. The molecule has 0 unspecified atom stereocenters. The fourth-order valence-electron chi connectivity index (χ4n) is 4.22. The van der Waals surface area contributed by atoms with Crippen LogP contribution in [0.4, 0.5) is 0 Å². The van der Waals surface area contributed by atoms with Gasteiger partial charge in [0, 0.05) is 36.8 Å². The highest BCUT2D eigenvalue weighted by molar-refractivity contribution is 7.98. The lowest BCUT2D eigenvalue weighted by atomic mass is 9.97. The van der Waals surface area contributed by atoms with Crippen LogP contribution in [0, 0.1) is 0 Å². The minimum atomic E-state index is -0.00212. The Bertz CT molecular complexity index is 1200. The van der Waals surface area contributed by atoms with Crippen molar-refractivity contribution in [3.05, 3.63) is 56.2 Å².